The number of hydrogen-bond acceptors (Lipinski definition) is 15. The lowest BCUT2D eigenvalue weighted by Gasteiger charge is -2.21. The molecule has 19 heteroatoms. The number of esters is 4. The van der Waals surface area contributed by atoms with Gasteiger partial charge < -0.3 is 33.8 Å². The highest BCUT2D eigenvalue weighted by atomic mass is 31.2. The van der Waals surface area contributed by atoms with Crippen LogP contribution in [0.2, 0.25) is 0 Å². The van der Waals surface area contributed by atoms with Gasteiger partial charge in [0, 0.05) is 25.7 Å². The van der Waals surface area contributed by atoms with Crippen molar-refractivity contribution >= 4 is 39.5 Å². The molecule has 0 amide bonds. The smallest absolute Gasteiger partial charge is 0.462 e. The predicted octanol–water partition coefficient (Wildman–Crippen LogP) is 25.2. The molecule has 0 saturated carbocycles. The number of rotatable bonds is 81. The van der Waals surface area contributed by atoms with Crippen molar-refractivity contribution in [2.75, 3.05) is 39.6 Å². The molecule has 6 unspecified atom stereocenters. The second-order valence-corrected chi connectivity index (χ2v) is 34.3. The van der Waals surface area contributed by atoms with E-state index in [0.717, 1.165) is 114 Å². The molecule has 0 saturated heterocycles. The van der Waals surface area contributed by atoms with Crippen molar-refractivity contribution in [3.63, 3.8) is 0 Å². The number of aliphatic hydroxyl groups is 1. The van der Waals surface area contributed by atoms with Gasteiger partial charge in [0.15, 0.2) is 12.2 Å². The van der Waals surface area contributed by atoms with E-state index in [1.807, 2.05) is 0 Å². The molecule has 0 rings (SSSR count). The van der Waals surface area contributed by atoms with E-state index in [2.05, 4.69) is 55.4 Å². The van der Waals surface area contributed by atoms with Crippen LogP contribution < -0.4 is 0 Å². The molecule has 0 aliphatic rings. The van der Waals surface area contributed by atoms with Gasteiger partial charge in [-0.15, -0.1) is 0 Å². The van der Waals surface area contributed by atoms with Crippen molar-refractivity contribution in [2.45, 2.75) is 453 Å². The highest BCUT2D eigenvalue weighted by molar-refractivity contribution is 7.47. The van der Waals surface area contributed by atoms with Crippen molar-refractivity contribution < 1.29 is 80.2 Å². The molecule has 0 aliphatic heterocycles. The normalized spacial score (nSPS) is 14.8. The maximum Gasteiger partial charge on any atom is 0.472 e. The van der Waals surface area contributed by atoms with E-state index < -0.39 is 97.5 Å². The van der Waals surface area contributed by atoms with Crippen LogP contribution in [0.5, 0.6) is 0 Å². The first-order chi connectivity index (χ1) is 49.7. The topological polar surface area (TPSA) is 237 Å². The van der Waals surface area contributed by atoms with Gasteiger partial charge in [-0.3, -0.25) is 37.3 Å². The summed E-state index contributed by atoms with van der Waals surface area (Å²) in [4.78, 5) is 73.1. The van der Waals surface area contributed by atoms with E-state index in [9.17, 15) is 43.2 Å². The van der Waals surface area contributed by atoms with Gasteiger partial charge >= 0.3 is 39.5 Å². The molecular weight excluding hydrogens is 1340 g/mol. The van der Waals surface area contributed by atoms with Crippen LogP contribution in [0.25, 0.3) is 0 Å². The van der Waals surface area contributed by atoms with Crippen LogP contribution in [0.3, 0.4) is 0 Å². The van der Waals surface area contributed by atoms with Gasteiger partial charge in [0.05, 0.1) is 26.4 Å². The first-order valence-corrected chi connectivity index (χ1v) is 46.3. The third kappa shape index (κ3) is 74.0. The second kappa shape index (κ2) is 72.9. The number of hydrogen-bond donors (Lipinski definition) is 3. The van der Waals surface area contributed by atoms with Crippen molar-refractivity contribution in [3.05, 3.63) is 0 Å². The maximum absolute atomic E-state index is 13.1. The summed E-state index contributed by atoms with van der Waals surface area (Å²) in [7, 11) is -9.93. The summed E-state index contributed by atoms with van der Waals surface area (Å²) in [6, 6.07) is 0. The lowest BCUT2D eigenvalue weighted by molar-refractivity contribution is -0.161. The Bertz CT molecular complexity index is 2010. The fourth-order valence-electron chi connectivity index (χ4n) is 12.9. The van der Waals surface area contributed by atoms with Gasteiger partial charge in [0.25, 0.3) is 0 Å². The Morgan fingerprint density at radius 1 is 0.272 bits per heavy atom. The van der Waals surface area contributed by atoms with Gasteiger partial charge in [0.2, 0.25) is 0 Å². The van der Waals surface area contributed by atoms with Crippen molar-refractivity contribution in [3.8, 4) is 0 Å². The zero-order valence-corrected chi connectivity index (χ0v) is 69.7. The van der Waals surface area contributed by atoms with E-state index in [-0.39, 0.29) is 25.7 Å². The Balaban J connectivity index is 5.23. The van der Waals surface area contributed by atoms with Crippen LogP contribution in [0.1, 0.15) is 434 Å². The fraction of sp³-hybridized carbons (Fsp3) is 0.952. The molecule has 0 aromatic rings. The Hall–Kier alpha value is -1.94. The number of phosphoric acid groups is 2. The van der Waals surface area contributed by atoms with E-state index in [1.165, 1.54) is 238 Å². The molecule has 3 N–H and O–H groups in total. The number of carbonyl (C=O) groups is 4. The summed E-state index contributed by atoms with van der Waals surface area (Å²) in [6.07, 6.45) is 61.0. The standard InChI is InChI=1S/C84H164O17P2/c1-9-75(6)61-53-45-37-28-24-20-16-14-12-13-15-17-23-27-31-42-50-58-66-83(88)100-79(70-94-81(86)64-56-48-40-30-26-22-19-18-21-25-29-38-46-54-62-76(7)10-2)72-98-102(90,91)96-68-78(85)69-97-103(92,93)99-73-80(71-95-82(87)65-57-49-41-34-32-36-44-52-60-74(4)5)101-84(89)67-59-51-43-35-33-39-47-55-63-77(8)11-3/h74-80,85H,9-73H2,1-8H3,(H,90,91)(H,92,93)/t75?,76?,77?,78?,79-,80-/m1/s1. The minimum absolute atomic E-state index is 0.104. The number of ether oxygens (including phenoxy) is 4. The summed E-state index contributed by atoms with van der Waals surface area (Å²) in [5, 5.41) is 10.7. The quantitative estimate of drug-likeness (QED) is 0.0222. The lowest BCUT2D eigenvalue weighted by atomic mass is 9.99. The van der Waals surface area contributed by atoms with E-state index in [0.29, 0.717) is 25.7 Å². The van der Waals surface area contributed by atoms with E-state index in [1.54, 1.807) is 0 Å². The lowest BCUT2D eigenvalue weighted by Crippen LogP contribution is -2.30. The summed E-state index contributed by atoms with van der Waals surface area (Å²) in [5.74, 6) is 1.10. The van der Waals surface area contributed by atoms with Gasteiger partial charge in [-0.25, -0.2) is 9.13 Å². The summed E-state index contributed by atoms with van der Waals surface area (Å²) >= 11 is 0. The highest BCUT2D eigenvalue weighted by Gasteiger charge is 2.30. The molecule has 0 aromatic carbocycles. The zero-order chi connectivity index (χ0) is 76.0. The molecule has 0 radical (unpaired) electrons. The zero-order valence-electron chi connectivity index (χ0n) is 68.0. The summed E-state index contributed by atoms with van der Waals surface area (Å²) < 4.78 is 68.8. The number of carbonyl (C=O) groups excluding carboxylic acids is 4. The number of unbranched alkanes of at least 4 members (excludes halogenated alkanes) is 44. The van der Waals surface area contributed by atoms with Gasteiger partial charge in [-0.05, 0) is 49.4 Å². The van der Waals surface area contributed by atoms with Crippen LogP contribution in [0.4, 0.5) is 0 Å². The third-order valence-corrected chi connectivity index (χ3v) is 22.6. The van der Waals surface area contributed by atoms with Crippen LogP contribution >= 0.6 is 15.6 Å². The first kappa shape index (κ1) is 101. The number of phosphoric ester groups is 2. The minimum Gasteiger partial charge on any atom is -0.462 e. The number of aliphatic hydroxyl groups excluding tert-OH is 1. The SMILES string of the molecule is CCC(C)CCCCCCCCCCCCCCCCCCCCC(=O)O[C@H](COC(=O)CCCCCCCCCCCCCCCCC(C)CC)COP(=O)(O)OCC(O)COP(=O)(O)OC[C@@H](COC(=O)CCCCCCCCCCC(C)C)OC(=O)CCCCCCCCCCC(C)CC. The third-order valence-electron chi connectivity index (χ3n) is 20.7. The molecule has 17 nitrogen and oxygen atoms in total. The first-order valence-electron chi connectivity index (χ1n) is 43.3. The minimum atomic E-state index is -4.97. The average Bonchev–Trinajstić information content (AvgIpc) is 0.922. The monoisotopic (exact) mass is 1510 g/mol. The highest BCUT2D eigenvalue weighted by Crippen LogP contribution is 2.45. The van der Waals surface area contributed by atoms with Crippen molar-refractivity contribution in [1.29, 1.82) is 0 Å². The summed E-state index contributed by atoms with van der Waals surface area (Å²) in [5.41, 5.74) is 0. The van der Waals surface area contributed by atoms with Crippen LogP contribution in [0.15, 0.2) is 0 Å². The molecule has 0 fully saturated rings. The molecule has 8 atom stereocenters. The Labute approximate surface area is 632 Å². The molecule has 0 aromatic heterocycles. The van der Waals surface area contributed by atoms with Gasteiger partial charge in [-0.1, -0.05) is 383 Å². The van der Waals surface area contributed by atoms with Crippen LogP contribution in [-0.2, 0) is 65.4 Å². The van der Waals surface area contributed by atoms with Gasteiger partial charge in [0.1, 0.15) is 19.3 Å². The maximum atomic E-state index is 13.1. The molecule has 612 valence electrons. The molecule has 103 heavy (non-hydrogen) atoms. The Kier molecular flexibility index (Phi) is 71.5. The second-order valence-electron chi connectivity index (χ2n) is 31.4. The van der Waals surface area contributed by atoms with Crippen LogP contribution in [0, 0.1) is 23.7 Å². The van der Waals surface area contributed by atoms with E-state index >= 15 is 0 Å². The molecular formula is C84H164O17P2. The largest absolute Gasteiger partial charge is 0.472 e. The fourth-order valence-corrected chi connectivity index (χ4v) is 14.4. The van der Waals surface area contributed by atoms with Crippen LogP contribution in [-0.4, -0.2) is 96.7 Å². The van der Waals surface area contributed by atoms with E-state index in [4.69, 9.17) is 37.0 Å². The Morgan fingerprint density at radius 2 is 0.466 bits per heavy atom. The predicted molar refractivity (Wildman–Crippen MR) is 423 cm³/mol. The van der Waals surface area contributed by atoms with Gasteiger partial charge in [-0.2, -0.15) is 0 Å². The molecule has 0 aliphatic carbocycles. The van der Waals surface area contributed by atoms with Crippen molar-refractivity contribution in [2.24, 2.45) is 23.7 Å². The summed E-state index contributed by atoms with van der Waals surface area (Å²) in [6.45, 7) is 14.3. The Morgan fingerprint density at radius 3 is 0.689 bits per heavy atom. The average molecular weight is 1510 g/mol. The molecule has 0 heterocycles. The van der Waals surface area contributed by atoms with Crippen molar-refractivity contribution in [1.82, 2.24) is 0 Å². The molecule has 0 spiro atoms. The molecule has 0 bridgehead atoms.